The molecule has 2 heterocycles. The molecule has 0 aliphatic carbocycles. The Morgan fingerprint density at radius 2 is 2.06 bits per heavy atom. The summed E-state index contributed by atoms with van der Waals surface area (Å²) in [5.74, 6) is 2.12. The van der Waals surface area contributed by atoms with Gasteiger partial charge >= 0.3 is 0 Å². The molecule has 0 unspecified atom stereocenters. The van der Waals surface area contributed by atoms with Gasteiger partial charge in [0, 0.05) is 32.7 Å². The van der Waals surface area contributed by atoms with E-state index >= 15 is 0 Å². The summed E-state index contributed by atoms with van der Waals surface area (Å²) in [5.41, 5.74) is 0. The van der Waals surface area contributed by atoms with Crippen LogP contribution in [0.4, 0.5) is 11.6 Å². The van der Waals surface area contributed by atoms with E-state index in [1.807, 2.05) is 0 Å². The van der Waals surface area contributed by atoms with Crippen molar-refractivity contribution in [3.05, 3.63) is 12.4 Å². The molecule has 4 heteroatoms. The van der Waals surface area contributed by atoms with Crippen molar-refractivity contribution < 1.29 is 0 Å². The standard InChI is InChI=1S/C13H22N4/c1-3-4-7-16(2)12-10-13(15-11-14-12)17-8-5-6-9-17/h10-11H,3-9H2,1-2H3. The molecule has 1 fully saturated rings. The zero-order valence-corrected chi connectivity index (χ0v) is 10.9. The minimum Gasteiger partial charge on any atom is -0.360 e. The van der Waals surface area contributed by atoms with Crippen LogP contribution in [0.15, 0.2) is 12.4 Å². The smallest absolute Gasteiger partial charge is 0.134 e. The highest BCUT2D eigenvalue weighted by atomic mass is 15.2. The first kappa shape index (κ1) is 12.1. The Morgan fingerprint density at radius 1 is 1.29 bits per heavy atom. The third-order valence-corrected chi connectivity index (χ3v) is 3.31. The average Bonchev–Trinajstić information content (AvgIpc) is 2.90. The van der Waals surface area contributed by atoms with Gasteiger partial charge in [0.25, 0.3) is 0 Å². The van der Waals surface area contributed by atoms with Gasteiger partial charge in [0.2, 0.25) is 0 Å². The highest BCUT2D eigenvalue weighted by molar-refractivity contribution is 5.50. The minimum absolute atomic E-state index is 1.04. The van der Waals surface area contributed by atoms with Crippen molar-refractivity contribution in [2.24, 2.45) is 0 Å². The lowest BCUT2D eigenvalue weighted by atomic mass is 10.3. The highest BCUT2D eigenvalue weighted by Gasteiger charge is 2.14. The Bertz CT molecular complexity index is 347. The van der Waals surface area contributed by atoms with Crippen LogP contribution in [0.5, 0.6) is 0 Å². The molecule has 0 N–H and O–H groups in total. The van der Waals surface area contributed by atoms with Crippen LogP contribution in [0.1, 0.15) is 32.6 Å². The van der Waals surface area contributed by atoms with Gasteiger partial charge in [0.15, 0.2) is 0 Å². The zero-order valence-electron chi connectivity index (χ0n) is 10.9. The predicted octanol–water partition coefficient (Wildman–Crippen LogP) is 2.31. The van der Waals surface area contributed by atoms with Gasteiger partial charge in [-0.1, -0.05) is 13.3 Å². The molecule has 0 amide bonds. The summed E-state index contributed by atoms with van der Waals surface area (Å²) >= 11 is 0. The molecule has 94 valence electrons. The fourth-order valence-electron chi connectivity index (χ4n) is 2.17. The largest absolute Gasteiger partial charge is 0.360 e. The molecule has 0 aromatic carbocycles. The van der Waals surface area contributed by atoms with E-state index < -0.39 is 0 Å². The quantitative estimate of drug-likeness (QED) is 0.782. The van der Waals surface area contributed by atoms with Crippen molar-refractivity contribution in [1.82, 2.24) is 9.97 Å². The molecule has 1 saturated heterocycles. The van der Waals surface area contributed by atoms with Gasteiger partial charge in [0.1, 0.15) is 18.0 Å². The molecule has 1 aromatic rings. The SMILES string of the molecule is CCCCN(C)c1cc(N2CCCC2)ncn1. The molecule has 0 saturated carbocycles. The van der Waals surface area contributed by atoms with Gasteiger partial charge in [-0.2, -0.15) is 0 Å². The monoisotopic (exact) mass is 234 g/mol. The van der Waals surface area contributed by atoms with Crippen LogP contribution in [-0.2, 0) is 0 Å². The third kappa shape index (κ3) is 3.08. The molecule has 1 aromatic heterocycles. The second-order valence-electron chi connectivity index (χ2n) is 4.70. The zero-order chi connectivity index (χ0) is 12.1. The molecule has 1 aliphatic rings. The van der Waals surface area contributed by atoms with E-state index in [2.05, 4.69) is 39.8 Å². The average molecular weight is 234 g/mol. The van der Waals surface area contributed by atoms with E-state index in [1.165, 1.54) is 25.7 Å². The van der Waals surface area contributed by atoms with Gasteiger partial charge < -0.3 is 9.80 Å². The second-order valence-corrected chi connectivity index (χ2v) is 4.70. The van der Waals surface area contributed by atoms with Gasteiger partial charge in [-0.15, -0.1) is 0 Å². The maximum atomic E-state index is 4.37. The fourth-order valence-corrected chi connectivity index (χ4v) is 2.17. The summed E-state index contributed by atoms with van der Waals surface area (Å²) in [6.45, 7) is 5.54. The van der Waals surface area contributed by atoms with E-state index in [4.69, 9.17) is 0 Å². The number of nitrogens with zero attached hydrogens (tertiary/aromatic N) is 4. The van der Waals surface area contributed by atoms with Crippen LogP contribution >= 0.6 is 0 Å². The maximum Gasteiger partial charge on any atom is 0.134 e. The Balaban J connectivity index is 2.05. The molecule has 2 rings (SSSR count). The van der Waals surface area contributed by atoms with Crippen LogP contribution in [0.25, 0.3) is 0 Å². The summed E-state index contributed by atoms with van der Waals surface area (Å²) in [6, 6.07) is 2.11. The highest BCUT2D eigenvalue weighted by Crippen LogP contribution is 2.20. The normalized spacial score (nSPS) is 15.3. The summed E-state index contributed by atoms with van der Waals surface area (Å²) in [5, 5.41) is 0. The number of aromatic nitrogens is 2. The van der Waals surface area contributed by atoms with Crippen LogP contribution in [-0.4, -0.2) is 36.6 Å². The molecule has 1 aliphatic heterocycles. The lowest BCUT2D eigenvalue weighted by Crippen LogP contribution is -2.22. The van der Waals surface area contributed by atoms with Crippen molar-refractivity contribution in [1.29, 1.82) is 0 Å². The Hall–Kier alpha value is -1.32. The van der Waals surface area contributed by atoms with Crippen LogP contribution in [0, 0.1) is 0 Å². The van der Waals surface area contributed by atoms with E-state index in [-0.39, 0.29) is 0 Å². The van der Waals surface area contributed by atoms with E-state index in [1.54, 1.807) is 6.33 Å². The van der Waals surface area contributed by atoms with Crippen LogP contribution in [0.2, 0.25) is 0 Å². The third-order valence-electron chi connectivity index (χ3n) is 3.31. The number of hydrogen-bond donors (Lipinski definition) is 0. The number of unbranched alkanes of at least 4 members (excludes halogenated alkanes) is 1. The van der Waals surface area contributed by atoms with Gasteiger partial charge in [-0.05, 0) is 19.3 Å². The molecule has 4 nitrogen and oxygen atoms in total. The first-order valence-electron chi connectivity index (χ1n) is 6.59. The van der Waals surface area contributed by atoms with Crippen LogP contribution in [0.3, 0.4) is 0 Å². The summed E-state index contributed by atoms with van der Waals surface area (Å²) in [4.78, 5) is 13.3. The Morgan fingerprint density at radius 3 is 2.76 bits per heavy atom. The number of anilines is 2. The molecule has 0 radical (unpaired) electrons. The Kier molecular flexibility index (Phi) is 4.18. The van der Waals surface area contributed by atoms with Gasteiger partial charge in [0.05, 0.1) is 0 Å². The maximum absolute atomic E-state index is 4.37. The van der Waals surface area contributed by atoms with E-state index in [0.29, 0.717) is 0 Å². The first-order valence-corrected chi connectivity index (χ1v) is 6.59. The fraction of sp³-hybridized carbons (Fsp3) is 0.692. The summed E-state index contributed by atoms with van der Waals surface area (Å²) in [7, 11) is 2.10. The predicted molar refractivity (Wildman–Crippen MR) is 71.7 cm³/mol. The summed E-state index contributed by atoms with van der Waals surface area (Å²) in [6.07, 6.45) is 6.68. The van der Waals surface area contributed by atoms with Gasteiger partial charge in [-0.3, -0.25) is 0 Å². The van der Waals surface area contributed by atoms with Crippen molar-refractivity contribution in [2.45, 2.75) is 32.6 Å². The van der Waals surface area contributed by atoms with Crippen molar-refractivity contribution in [3.63, 3.8) is 0 Å². The lowest BCUT2D eigenvalue weighted by Gasteiger charge is -2.21. The topological polar surface area (TPSA) is 32.3 Å². The molecule has 0 spiro atoms. The van der Waals surface area contributed by atoms with Crippen molar-refractivity contribution >= 4 is 11.6 Å². The minimum atomic E-state index is 1.04. The van der Waals surface area contributed by atoms with Crippen LogP contribution < -0.4 is 9.80 Å². The molecule has 0 atom stereocenters. The molecular formula is C13H22N4. The first-order chi connectivity index (χ1) is 8.31. The van der Waals surface area contributed by atoms with Crippen molar-refractivity contribution in [3.8, 4) is 0 Å². The number of rotatable bonds is 5. The summed E-state index contributed by atoms with van der Waals surface area (Å²) < 4.78 is 0. The van der Waals surface area contributed by atoms with Gasteiger partial charge in [-0.25, -0.2) is 9.97 Å². The molecule has 17 heavy (non-hydrogen) atoms. The van der Waals surface area contributed by atoms with Crippen molar-refractivity contribution in [2.75, 3.05) is 36.5 Å². The Labute approximate surface area is 104 Å². The van der Waals surface area contributed by atoms with E-state index in [9.17, 15) is 0 Å². The van der Waals surface area contributed by atoms with E-state index in [0.717, 1.165) is 31.3 Å². The second kappa shape index (κ2) is 5.84. The molecular weight excluding hydrogens is 212 g/mol. The number of hydrogen-bond acceptors (Lipinski definition) is 4. The lowest BCUT2D eigenvalue weighted by molar-refractivity contribution is 0.757. The molecule has 0 bridgehead atoms.